The van der Waals surface area contributed by atoms with Gasteiger partial charge in [0.05, 0.1) is 15.7 Å². The Kier molecular flexibility index (Phi) is 4.45. The van der Waals surface area contributed by atoms with E-state index >= 15 is 0 Å². The van der Waals surface area contributed by atoms with Crippen LogP contribution >= 0.6 is 15.9 Å². The molecule has 2 atom stereocenters. The number of anilines is 1. The summed E-state index contributed by atoms with van der Waals surface area (Å²) >= 11 is 3.47. The normalized spacial score (nSPS) is 19.0. The van der Waals surface area contributed by atoms with Crippen LogP contribution in [-0.2, 0) is 17.2 Å². The maximum Gasteiger partial charge on any atom is 0.0547 e. The van der Waals surface area contributed by atoms with Gasteiger partial charge in [0.15, 0.2) is 0 Å². The Hall–Kier alpha value is -1.13. The van der Waals surface area contributed by atoms with Crippen molar-refractivity contribution in [2.45, 2.75) is 30.1 Å². The predicted molar refractivity (Wildman–Crippen MR) is 92.0 cm³/mol. The average molecular weight is 364 g/mol. The highest BCUT2D eigenvalue weighted by Crippen LogP contribution is 2.34. The van der Waals surface area contributed by atoms with Crippen LogP contribution in [0.5, 0.6) is 0 Å². The Labute approximate surface area is 136 Å². The lowest BCUT2D eigenvalue weighted by molar-refractivity contribution is 0.588. The highest BCUT2D eigenvalue weighted by atomic mass is 79.9. The first-order chi connectivity index (χ1) is 10.1. The molecule has 0 fully saturated rings. The Bertz CT molecular complexity index is 686. The molecule has 2 aromatic carbocycles. The number of hydrogen-bond donors (Lipinski definition) is 1. The van der Waals surface area contributed by atoms with Crippen molar-refractivity contribution in [2.24, 2.45) is 0 Å². The summed E-state index contributed by atoms with van der Waals surface area (Å²) in [6.07, 6.45) is 3.45. The Morgan fingerprint density at radius 1 is 1.24 bits per heavy atom. The van der Waals surface area contributed by atoms with E-state index in [0.29, 0.717) is 17.4 Å². The largest absolute Gasteiger partial charge is 0.399 e. The molecule has 0 radical (unpaired) electrons. The number of halogens is 1. The number of nitrogen functional groups attached to an aromatic ring is 1. The summed E-state index contributed by atoms with van der Waals surface area (Å²) in [5.74, 6) is 1.07. The molecular weight excluding hydrogens is 346 g/mol. The Morgan fingerprint density at radius 3 is 2.86 bits per heavy atom. The van der Waals surface area contributed by atoms with Crippen molar-refractivity contribution in [1.82, 2.24) is 0 Å². The molecule has 1 aliphatic carbocycles. The minimum Gasteiger partial charge on any atom is -0.399 e. The fourth-order valence-corrected chi connectivity index (χ4v) is 5.33. The van der Waals surface area contributed by atoms with Crippen molar-refractivity contribution in [3.05, 3.63) is 58.1 Å². The lowest BCUT2D eigenvalue weighted by Gasteiger charge is -2.25. The van der Waals surface area contributed by atoms with E-state index in [1.54, 1.807) is 0 Å². The number of hydrogen-bond acceptors (Lipinski definition) is 2. The van der Waals surface area contributed by atoms with Gasteiger partial charge in [0.1, 0.15) is 0 Å². The molecule has 21 heavy (non-hydrogen) atoms. The number of aryl methyl sites for hydroxylation is 1. The van der Waals surface area contributed by atoms with E-state index in [2.05, 4.69) is 40.2 Å². The van der Waals surface area contributed by atoms with Crippen LogP contribution in [0, 0.1) is 0 Å². The molecule has 1 aliphatic rings. The van der Waals surface area contributed by atoms with Gasteiger partial charge in [-0.2, -0.15) is 0 Å². The van der Waals surface area contributed by atoms with Crippen molar-refractivity contribution in [3.8, 4) is 0 Å². The van der Waals surface area contributed by atoms with E-state index in [1.807, 2.05) is 18.2 Å². The van der Waals surface area contributed by atoms with Crippen molar-refractivity contribution in [3.63, 3.8) is 0 Å². The zero-order valence-electron chi connectivity index (χ0n) is 11.7. The number of nitrogens with two attached hydrogens (primary N) is 1. The summed E-state index contributed by atoms with van der Waals surface area (Å²) in [7, 11) is -1.01. The zero-order valence-corrected chi connectivity index (χ0v) is 14.1. The van der Waals surface area contributed by atoms with Gasteiger partial charge in [0.25, 0.3) is 0 Å². The van der Waals surface area contributed by atoms with Crippen LogP contribution < -0.4 is 5.73 Å². The first-order valence-electron chi connectivity index (χ1n) is 7.16. The second-order valence-electron chi connectivity index (χ2n) is 5.49. The summed E-state index contributed by atoms with van der Waals surface area (Å²) in [4.78, 5) is 0.840. The second kappa shape index (κ2) is 6.32. The van der Waals surface area contributed by atoms with Crippen LogP contribution in [0.1, 0.15) is 29.9 Å². The number of rotatable bonds is 3. The topological polar surface area (TPSA) is 43.1 Å². The Morgan fingerprint density at radius 2 is 2.05 bits per heavy atom. The molecule has 0 heterocycles. The van der Waals surface area contributed by atoms with E-state index in [9.17, 15) is 4.21 Å². The molecule has 0 aromatic heterocycles. The van der Waals surface area contributed by atoms with Crippen molar-refractivity contribution in [1.29, 1.82) is 0 Å². The molecule has 0 saturated carbocycles. The van der Waals surface area contributed by atoms with Crippen molar-refractivity contribution in [2.75, 3.05) is 11.5 Å². The lowest BCUT2D eigenvalue weighted by Crippen LogP contribution is -2.16. The third kappa shape index (κ3) is 3.22. The number of fused-ring (bicyclic) bond motifs is 1. The maximum absolute atomic E-state index is 12.7. The van der Waals surface area contributed by atoms with Crippen LogP contribution in [0.2, 0.25) is 0 Å². The van der Waals surface area contributed by atoms with Crippen LogP contribution in [0.4, 0.5) is 5.69 Å². The van der Waals surface area contributed by atoms with E-state index in [1.165, 1.54) is 17.5 Å². The minimum atomic E-state index is -1.01. The molecule has 110 valence electrons. The standard InChI is InChI=1S/C17H18BrNOS/c18-16-10-14(19)8-9-17(16)21(20)11-13-6-3-5-12-4-1-2-7-15(12)13/h1-2,4,7-10,13H,3,5-6,11,19H2. The van der Waals surface area contributed by atoms with Gasteiger partial charge in [-0.05, 0) is 70.4 Å². The fourth-order valence-electron chi connectivity index (χ4n) is 3.00. The van der Waals surface area contributed by atoms with Gasteiger partial charge < -0.3 is 5.73 Å². The first-order valence-corrected chi connectivity index (χ1v) is 9.27. The van der Waals surface area contributed by atoms with Crippen molar-refractivity contribution < 1.29 is 4.21 Å². The predicted octanol–water partition coefficient (Wildman–Crippen LogP) is 4.26. The van der Waals surface area contributed by atoms with Gasteiger partial charge in [-0.3, -0.25) is 4.21 Å². The van der Waals surface area contributed by atoms with Crippen molar-refractivity contribution >= 4 is 32.4 Å². The zero-order chi connectivity index (χ0) is 14.8. The van der Waals surface area contributed by atoms with E-state index in [-0.39, 0.29) is 0 Å². The average Bonchev–Trinajstić information content (AvgIpc) is 2.47. The molecule has 0 spiro atoms. The van der Waals surface area contributed by atoms with Crippen LogP contribution in [0.25, 0.3) is 0 Å². The second-order valence-corrected chi connectivity index (χ2v) is 7.81. The van der Waals surface area contributed by atoms with Gasteiger partial charge in [-0.1, -0.05) is 24.3 Å². The summed E-state index contributed by atoms with van der Waals surface area (Å²) < 4.78 is 13.5. The Balaban J connectivity index is 1.83. The van der Waals surface area contributed by atoms with E-state index in [0.717, 1.165) is 22.2 Å². The summed E-state index contributed by atoms with van der Waals surface area (Å²) in [6, 6.07) is 14.1. The quantitative estimate of drug-likeness (QED) is 0.827. The molecule has 0 aliphatic heterocycles. The monoisotopic (exact) mass is 363 g/mol. The SMILES string of the molecule is Nc1ccc(S(=O)CC2CCCc3ccccc32)c(Br)c1. The molecule has 2 unspecified atom stereocenters. The highest BCUT2D eigenvalue weighted by molar-refractivity contribution is 9.10. The summed E-state index contributed by atoms with van der Waals surface area (Å²) in [5.41, 5.74) is 9.23. The third-order valence-electron chi connectivity index (χ3n) is 4.05. The smallest absolute Gasteiger partial charge is 0.0547 e. The fraction of sp³-hybridized carbons (Fsp3) is 0.294. The molecule has 2 nitrogen and oxygen atoms in total. The molecule has 2 N–H and O–H groups in total. The van der Waals surface area contributed by atoms with Crippen LogP contribution in [0.3, 0.4) is 0 Å². The molecule has 4 heteroatoms. The molecule has 3 rings (SSSR count). The molecule has 0 saturated heterocycles. The first kappa shape index (κ1) is 14.8. The van der Waals surface area contributed by atoms with E-state index in [4.69, 9.17) is 5.73 Å². The molecule has 2 aromatic rings. The minimum absolute atomic E-state index is 0.389. The van der Waals surface area contributed by atoms with Crippen LogP contribution in [-0.4, -0.2) is 9.96 Å². The van der Waals surface area contributed by atoms with Gasteiger partial charge in [0.2, 0.25) is 0 Å². The van der Waals surface area contributed by atoms with Gasteiger partial charge in [-0.25, -0.2) is 0 Å². The summed E-state index contributed by atoms with van der Waals surface area (Å²) in [5, 5.41) is 0. The molecular formula is C17H18BrNOS. The lowest BCUT2D eigenvalue weighted by atomic mass is 9.84. The molecule has 0 bridgehead atoms. The maximum atomic E-state index is 12.7. The highest BCUT2D eigenvalue weighted by Gasteiger charge is 2.23. The van der Waals surface area contributed by atoms with Gasteiger partial charge in [-0.15, -0.1) is 0 Å². The number of benzene rings is 2. The van der Waals surface area contributed by atoms with Crippen LogP contribution in [0.15, 0.2) is 51.8 Å². The molecule has 0 amide bonds. The third-order valence-corrected chi connectivity index (χ3v) is 6.52. The van der Waals surface area contributed by atoms with E-state index < -0.39 is 10.8 Å². The van der Waals surface area contributed by atoms with Gasteiger partial charge in [0, 0.05) is 15.9 Å². The van der Waals surface area contributed by atoms with Gasteiger partial charge >= 0.3 is 0 Å². The summed E-state index contributed by atoms with van der Waals surface area (Å²) in [6.45, 7) is 0.